The summed E-state index contributed by atoms with van der Waals surface area (Å²) < 4.78 is 4.99. The van der Waals surface area contributed by atoms with Gasteiger partial charge in [-0.1, -0.05) is 12.2 Å². The summed E-state index contributed by atoms with van der Waals surface area (Å²) in [5.74, 6) is 0.643. The van der Waals surface area contributed by atoms with Crippen molar-refractivity contribution in [2.75, 3.05) is 13.7 Å². The molecule has 16 heavy (non-hydrogen) atoms. The first-order valence-electron chi connectivity index (χ1n) is 5.43. The molecule has 0 fully saturated rings. The number of nitrogens with zero attached hydrogens (tertiary/aromatic N) is 1. The number of hydrogen-bond donors (Lipinski definition) is 1. The Balaban J connectivity index is 2.44. The van der Waals surface area contributed by atoms with Gasteiger partial charge in [0.05, 0.1) is 7.11 Å². The molecule has 0 saturated carbocycles. The van der Waals surface area contributed by atoms with Crippen LogP contribution in [0, 0.1) is 0 Å². The monoisotopic (exact) mass is 220 g/mol. The zero-order valence-electron chi connectivity index (χ0n) is 10.4. The molecule has 1 heterocycles. The molecule has 0 aromatic carbocycles. The molecular weight excluding hydrogens is 200 g/mol. The Morgan fingerprint density at radius 1 is 1.38 bits per heavy atom. The van der Waals surface area contributed by atoms with Crippen molar-refractivity contribution in [2.24, 2.45) is 0 Å². The van der Waals surface area contributed by atoms with Gasteiger partial charge in [0.2, 0.25) is 5.88 Å². The zero-order valence-corrected chi connectivity index (χ0v) is 10.4. The van der Waals surface area contributed by atoms with E-state index >= 15 is 0 Å². The van der Waals surface area contributed by atoms with E-state index in [2.05, 4.69) is 37.1 Å². The van der Waals surface area contributed by atoms with Crippen LogP contribution in [0.1, 0.15) is 26.3 Å². The van der Waals surface area contributed by atoms with Crippen molar-refractivity contribution in [3.63, 3.8) is 0 Å². The second kappa shape index (κ2) is 5.66. The maximum atomic E-state index is 4.99. The first-order chi connectivity index (χ1) is 7.51. The van der Waals surface area contributed by atoms with Gasteiger partial charge in [-0.25, -0.2) is 4.98 Å². The number of ether oxygens (including phenoxy) is 1. The van der Waals surface area contributed by atoms with E-state index in [0.29, 0.717) is 5.88 Å². The van der Waals surface area contributed by atoms with E-state index in [1.54, 1.807) is 13.3 Å². The highest BCUT2D eigenvalue weighted by molar-refractivity contribution is 5.48. The van der Waals surface area contributed by atoms with Crippen LogP contribution < -0.4 is 10.1 Å². The minimum absolute atomic E-state index is 0.155. The molecule has 0 aliphatic heterocycles. The van der Waals surface area contributed by atoms with Gasteiger partial charge in [-0.15, -0.1) is 0 Å². The van der Waals surface area contributed by atoms with Gasteiger partial charge in [0.1, 0.15) is 0 Å². The zero-order chi connectivity index (χ0) is 12.0. The molecule has 0 aliphatic rings. The topological polar surface area (TPSA) is 34.1 Å². The van der Waals surface area contributed by atoms with Crippen LogP contribution in [0.15, 0.2) is 24.4 Å². The average molecular weight is 220 g/mol. The Morgan fingerprint density at radius 2 is 2.12 bits per heavy atom. The van der Waals surface area contributed by atoms with Crippen molar-refractivity contribution in [2.45, 2.75) is 26.3 Å². The van der Waals surface area contributed by atoms with Crippen LogP contribution in [-0.4, -0.2) is 24.2 Å². The summed E-state index contributed by atoms with van der Waals surface area (Å²) in [6.45, 7) is 7.30. The van der Waals surface area contributed by atoms with Gasteiger partial charge in [-0.3, -0.25) is 0 Å². The minimum atomic E-state index is 0.155. The van der Waals surface area contributed by atoms with Crippen LogP contribution in [0.3, 0.4) is 0 Å². The number of methoxy groups -OCH3 is 1. The lowest BCUT2D eigenvalue weighted by Gasteiger charge is -2.18. The van der Waals surface area contributed by atoms with Crippen molar-refractivity contribution in [3.8, 4) is 5.88 Å². The number of pyridine rings is 1. The molecule has 1 aromatic heterocycles. The Kier molecular flexibility index (Phi) is 4.50. The van der Waals surface area contributed by atoms with Crippen molar-refractivity contribution in [1.82, 2.24) is 10.3 Å². The van der Waals surface area contributed by atoms with Crippen LogP contribution in [0.2, 0.25) is 0 Å². The van der Waals surface area contributed by atoms with Crippen molar-refractivity contribution in [3.05, 3.63) is 30.0 Å². The molecule has 0 atom stereocenters. The quantitative estimate of drug-likeness (QED) is 0.846. The van der Waals surface area contributed by atoms with E-state index in [9.17, 15) is 0 Å². The van der Waals surface area contributed by atoms with Gasteiger partial charge < -0.3 is 10.1 Å². The second-order valence-corrected chi connectivity index (χ2v) is 4.67. The Hall–Kier alpha value is -1.35. The molecule has 0 aliphatic carbocycles. The second-order valence-electron chi connectivity index (χ2n) is 4.67. The lowest BCUT2D eigenvalue weighted by Crippen LogP contribution is -2.35. The molecule has 88 valence electrons. The lowest BCUT2D eigenvalue weighted by atomic mass is 10.1. The largest absolute Gasteiger partial charge is 0.481 e. The number of aromatic nitrogens is 1. The van der Waals surface area contributed by atoms with Crippen LogP contribution in [0.4, 0.5) is 0 Å². The normalized spacial score (nSPS) is 12.0. The van der Waals surface area contributed by atoms with E-state index in [-0.39, 0.29) is 5.54 Å². The van der Waals surface area contributed by atoms with E-state index in [0.717, 1.165) is 12.1 Å². The fourth-order valence-electron chi connectivity index (χ4n) is 1.17. The van der Waals surface area contributed by atoms with Gasteiger partial charge in [0.25, 0.3) is 0 Å². The summed E-state index contributed by atoms with van der Waals surface area (Å²) in [6.07, 6.45) is 5.94. The first kappa shape index (κ1) is 12.7. The fourth-order valence-corrected chi connectivity index (χ4v) is 1.17. The van der Waals surface area contributed by atoms with Crippen molar-refractivity contribution >= 4 is 6.08 Å². The summed E-state index contributed by atoms with van der Waals surface area (Å²) in [7, 11) is 1.62. The number of rotatable bonds is 4. The molecule has 1 N–H and O–H groups in total. The van der Waals surface area contributed by atoms with Gasteiger partial charge in [-0.05, 0) is 32.4 Å². The molecular formula is C13H20N2O. The third-order valence-electron chi connectivity index (χ3n) is 2.03. The van der Waals surface area contributed by atoms with E-state index < -0.39 is 0 Å². The molecule has 0 spiro atoms. The first-order valence-corrected chi connectivity index (χ1v) is 5.43. The van der Waals surface area contributed by atoms with Gasteiger partial charge in [0.15, 0.2) is 0 Å². The number of hydrogen-bond acceptors (Lipinski definition) is 3. The van der Waals surface area contributed by atoms with Gasteiger partial charge in [-0.2, -0.15) is 0 Å². The highest BCUT2D eigenvalue weighted by atomic mass is 16.5. The van der Waals surface area contributed by atoms with Crippen molar-refractivity contribution in [1.29, 1.82) is 0 Å². The molecule has 3 heteroatoms. The third kappa shape index (κ3) is 4.94. The molecule has 0 unspecified atom stereocenters. The predicted molar refractivity (Wildman–Crippen MR) is 67.6 cm³/mol. The average Bonchev–Trinajstić information content (AvgIpc) is 2.24. The smallest absolute Gasteiger partial charge is 0.212 e. The summed E-state index contributed by atoms with van der Waals surface area (Å²) in [6, 6.07) is 3.84. The van der Waals surface area contributed by atoms with Crippen LogP contribution in [-0.2, 0) is 0 Å². The maximum absolute atomic E-state index is 4.99. The Labute approximate surface area is 97.5 Å². The van der Waals surface area contributed by atoms with Gasteiger partial charge in [0, 0.05) is 24.3 Å². The van der Waals surface area contributed by atoms with E-state index in [1.165, 1.54) is 0 Å². The van der Waals surface area contributed by atoms with Gasteiger partial charge >= 0.3 is 0 Å². The molecule has 0 saturated heterocycles. The van der Waals surface area contributed by atoms with E-state index in [4.69, 9.17) is 4.74 Å². The molecule has 0 amide bonds. The summed E-state index contributed by atoms with van der Waals surface area (Å²) in [5, 5.41) is 3.38. The SMILES string of the molecule is COc1ccc(/C=C/CNC(C)(C)C)cn1. The minimum Gasteiger partial charge on any atom is -0.481 e. The highest BCUT2D eigenvalue weighted by Crippen LogP contribution is 2.07. The van der Waals surface area contributed by atoms with Crippen molar-refractivity contribution < 1.29 is 4.74 Å². The number of nitrogens with one attached hydrogen (secondary N) is 1. The Morgan fingerprint density at radius 3 is 2.62 bits per heavy atom. The fraction of sp³-hybridized carbons (Fsp3) is 0.462. The third-order valence-corrected chi connectivity index (χ3v) is 2.03. The predicted octanol–water partition coefficient (Wildman–Crippen LogP) is 2.49. The molecule has 1 rings (SSSR count). The summed E-state index contributed by atoms with van der Waals surface area (Å²) in [5.41, 5.74) is 1.24. The highest BCUT2D eigenvalue weighted by Gasteiger charge is 2.05. The Bertz CT molecular complexity index is 336. The van der Waals surface area contributed by atoms with Crippen LogP contribution in [0.25, 0.3) is 6.08 Å². The maximum Gasteiger partial charge on any atom is 0.212 e. The molecule has 3 nitrogen and oxygen atoms in total. The van der Waals surface area contributed by atoms with E-state index in [1.807, 2.05) is 18.2 Å². The molecule has 0 bridgehead atoms. The summed E-state index contributed by atoms with van der Waals surface area (Å²) in [4.78, 5) is 4.13. The van der Waals surface area contributed by atoms with Crippen LogP contribution in [0.5, 0.6) is 5.88 Å². The standard InChI is InChI=1S/C13H20N2O/c1-13(2,3)15-9-5-6-11-7-8-12(16-4)14-10-11/h5-8,10,15H,9H2,1-4H3/b6-5+. The molecule has 0 radical (unpaired) electrons. The van der Waals surface area contributed by atoms with Crippen LogP contribution >= 0.6 is 0 Å². The summed E-state index contributed by atoms with van der Waals surface area (Å²) >= 11 is 0. The molecule has 1 aromatic rings. The lowest BCUT2D eigenvalue weighted by molar-refractivity contribution is 0.398.